The summed E-state index contributed by atoms with van der Waals surface area (Å²) in [6.07, 6.45) is 0. The number of benzene rings is 1. The molecule has 0 spiro atoms. The van der Waals surface area contributed by atoms with Gasteiger partial charge in [-0.15, -0.1) is 0 Å². The molecule has 0 aliphatic heterocycles. The van der Waals surface area contributed by atoms with Gasteiger partial charge in [0.15, 0.2) is 0 Å². The summed E-state index contributed by atoms with van der Waals surface area (Å²) in [6, 6.07) is 12.9. The quantitative estimate of drug-likeness (QED) is 0.769. The summed E-state index contributed by atoms with van der Waals surface area (Å²) < 4.78 is 1.75. The van der Waals surface area contributed by atoms with Crippen LogP contribution in [0.3, 0.4) is 0 Å². The van der Waals surface area contributed by atoms with E-state index in [1.807, 2.05) is 38.1 Å². The second-order valence-electron chi connectivity index (χ2n) is 6.19. The molecule has 6 nitrogen and oxygen atoms in total. The van der Waals surface area contributed by atoms with Crippen LogP contribution in [0, 0.1) is 20.8 Å². The number of aromatic nitrogens is 3. The Bertz CT molecular complexity index is 985. The molecule has 0 saturated carbocycles. The van der Waals surface area contributed by atoms with Gasteiger partial charge in [-0.1, -0.05) is 29.8 Å². The molecule has 0 aliphatic carbocycles. The zero-order chi connectivity index (χ0) is 18.0. The van der Waals surface area contributed by atoms with Crippen LogP contribution in [-0.4, -0.2) is 20.7 Å². The number of hydrogen-bond acceptors (Lipinski definition) is 3. The van der Waals surface area contributed by atoms with Crippen LogP contribution in [-0.2, 0) is 6.54 Å². The largest absolute Gasteiger partial charge is 0.326 e. The molecule has 2 N–H and O–H groups in total. The van der Waals surface area contributed by atoms with Gasteiger partial charge >= 0.3 is 0 Å². The second-order valence-corrected chi connectivity index (χ2v) is 6.19. The van der Waals surface area contributed by atoms with Gasteiger partial charge in [-0.25, -0.2) is 4.68 Å². The number of hydrogen-bond donors (Lipinski definition) is 2. The van der Waals surface area contributed by atoms with Gasteiger partial charge in [-0.3, -0.25) is 9.59 Å². The number of pyridine rings is 1. The minimum atomic E-state index is -0.334. The van der Waals surface area contributed by atoms with Gasteiger partial charge in [0.1, 0.15) is 5.82 Å². The van der Waals surface area contributed by atoms with Crippen LogP contribution in [0.25, 0.3) is 0 Å². The van der Waals surface area contributed by atoms with Crippen LogP contribution in [0.5, 0.6) is 0 Å². The van der Waals surface area contributed by atoms with Gasteiger partial charge in [0, 0.05) is 23.4 Å². The first-order valence-electron chi connectivity index (χ1n) is 8.03. The second kappa shape index (κ2) is 6.76. The number of carbonyl (C=O) groups is 1. The molecule has 128 valence electrons. The van der Waals surface area contributed by atoms with Gasteiger partial charge in [0.2, 0.25) is 5.56 Å². The van der Waals surface area contributed by atoms with E-state index < -0.39 is 0 Å². The van der Waals surface area contributed by atoms with E-state index in [-0.39, 0.29) is 11.5 Å². The van der Waals surface area contributed by atoms with Crippen LogP contribution < -0.4 is 10.9 Å². The Morgan fingerprint density at radius 3 is 2.68 bits per heavy atom. The first-order valence-corrected chi connectivity index (χ1v) is 8.03. The van der Waals surface area contributed by atoms with E-state index in [9.17, 15) is 9.59 Å². The minimum Gasteiger partial charge on any atom is -0.326 e. The fourth-order valence-electron chi connectivity index (χ4n) is 2.75. The average Bonchev–Trinajstić information content (AvgIpc) is 2.85. The Morgan fingerprint density at radius 2 is 1.96 bits per heavy atom. The number of amides is 1. The van der Waals surface area contributed by atoms with E-state index >= 15 is 0 Å². The molecule has 0 aliphatic rings. The third kappa shape index (κ3) is 4.03. The van der Waals surface area contributed by atoms with Crippen molar-refractivity contribution in [1.82, 2.24) is 14.8 Å². The van der Waals surface area contributed by atoms with Crippen molar-refractivity contribution in [2.75, 3.05) is 5.32 Å². The predicted molar refractivity (Wildman–Crippen MR) is 97.0 cm³/mol. The smallest absolute Gasteiger partial charge is 0.257 e. The fourth-order valence-corrected chi connectivity index (χ4v) is 2.75. The topological polar surface area (TPSA) is 79.8 Å². The number of carbonyl (C=O) groups excluding carboxylic acids is 1. The lowest BCUT2D eigenvalue weighted by Gasteiger charge is -2.10. The number of H-pyrrole nitrogens is 1. The normalized spacial score (nSPS) is 10.7. The molecule has 0 bridgehead atoms. The zero-order valence-corrected chi connectivity index (χ0v) is 14.5. The van der Waals surface area contributed by atoms with Gasteiger partial charge in [-0.2, -0.15) is 5.10 Å². The first kappa shape index (κ1) is 16.7. The Morgan fingerprint density at radius 1 is 1.16 bits per heavy atom. The standard InChI is InChI=1S/C19H20N4O2/c1-12-5-4-6-15(7-12)11-23-17(9-14(3)22-23)21-19(25)16-8-13(2)20-18(24)10-16/h4-10H,11H2,1-3H3,(H,20,24)(H,21,25). The summed E-state index contributed by atoms with van der Waals surface area (Å²) in [6.45, 7) is 6.21. The molecule has 0 radical (unpaired) electrons. The number of aromatic amines is 1. The van der Waals surface area contributed by atoms with Crippen LogP contribution in [0.1, 0.15) is 32.9 Å². The van der Waals surface area contributed by atoms with Crippen molar-refractivity contribution in [2.24, 2.45) is 0 Å². The predicted octanol–water partition coefficient (Wildman–Crippen LogP) is 2.80. The van der Waals surface area contributed by atoms with Crippen molar-refractivity contribution in [3.8, 4) is 0 Å². The molecule has 2 aromatic heterocycles. The third-order valence-corrected chi connectivity index (χ3v) is 3.80. The molecule has 0 saturated heterocycles. The Labute approximate surface area is 145 Å². The molecule has 0 unspecified atom stereocenters. The Kier molecular flexibility index (Phi) is 4.52. The van der Waals surface area contributed by atoms with Crippen LogP contribution in [0.4, 0.5) is 5.82 Å². The average molecular weight is 336 g/mol. The minimum absolute atomic E-state index is 0.297. The molecule has 2 heterocycles. The Balaban J connectivity index is 1.85. The molecule has 0 atom stereocenters. The summed E-state index contributed by atoms with van der Waals surface area (Å²) in [4.78, 5) is 26.7. The lowest BCUT2D eigenvalue weighted by atomic mass is 10.1. The van der Waals surface area contributed by atoms with Crippen molar-refractivity contribution in [1.29, 1.82) is 0 Å². The van der Waals surface area contributed by atoms with Gasteiger partial charge in [0.05, 0.1) is 12.2 Å². The van der Waals surface area contributed by atoms with Crippen molar-refractivity contribution in [3.63, 3.8) is 0 Å². The molecule has 3 rings (SSSR count). The van der Waals surface area contributed by atoms with E-state index in [4.69, 9.17) is 0 Å². The first-order chi connectivity index (χ1) is 11.9. The van der Waals surface area contributed by atoms with Gasteiger partial charge in [0.25, 0.3) is 5.91 Å². The highest BCUT2D eigenvalue weighted by atomic mass is 16.2. The highest BCUT2D eigenvalue weighted by molar-refractivity contribution is 6.03. The molecule has 0 fully saturated rings. The van der Waals surface area contributed by atoms with Crippen LogP contribution in [0.15, 0.2) is 47.3 Å². The summed E-state index contributed by atoms with van der Waals surface area (Å²) >= 11 is 0. The molecule has 25 heavy (non-hydrogen) atoms. The molecular weight excluding hydrogens is 316 g/mol. The molecule has 1 amide bonds. The highest BCUT2D eigenvalue weighted by Gasteiger charge is 2.12. The summed E-state index contributed by atoms with van der Waals surface area (Å²) in [5.74, 6) is 0.265. The summed E-state index contributed by atoms with van der Waals surface area (Å²) in [5, 5.41) is 7.30. The van der Waals surface area contributed by atoms with Crippen molar-refractivity contribution in [2.45, 2.75) is 27.3 Å². The van der Waals surface area contributed by atoms with Gasteiger partial charge in [-0.05, 0) is 32.4 Å². The van der Waals surface area contributed by atoms with Crippen molar-refractivity contribution < 1.29 is 4.79 Å². The number of rotatable bonds is 4. The van der Waals surface area contributed by atoms with E-state index in [1.165, 1.54) is 11.6 Å². The van der Waals surface area contributed by atoms with E-state index in [2.05, 4.69) is 21.5 Å². The van der Waals surface area contributed by atoms with E-state index in [0.717, 1.165) is 11.3 Å². The SMILES string of the molecule is Cc1cccc(Cn2nc(C)cc2NC(=O)c2cc(C)[nH]c(=O)c2)c1. The molecular formula is C19H20N4O2. The maximum atomic E-state index is 12.5. The third-order valence-electron chi connectivity index (χ3n) is 3.80. The van der Waals surface area contributed by atoms with Gasteiger partial charge < -0.3 is 10.3 Å². The number of nitrogens with one attached hydrogen (secondary N) is 2. The van der Waals surface area contributed by atoms with E-state index in [1.54, 1.807) is 17.7 Å². The lowest BCUT2D eigenvalue weighted by Crippen LogP contribution is -2.19. The number of anilines is 1. The number of nitrogens with zero attached hydrogens (tertiary/aromatic N) is 2. The fraction of sp³-hybridized carbons (Fsp3) is 0.211. The monoisotopic (exact) mass is 336 g/mol. The molecule has 6 heteroatoms. The Hall–Kier alpha value is -3.15. The molecule has 3 aromatic rings. The zero-order valence-electron chi connectivity index (χ0n) is 14.5. The van der Waals surface area contributed by atoms with Crippen molar-refractivity contribution in [3.05, 3.63) is 80.9 Å². The lowest BCUT2D eigenvalue weighted by molar-refractivity contribution is 0.102. The van der Waals surface area contributed by atoms with Crippen LogP contribution >= 0.6 is 0 Å². The van der Waals surface area contributed by atoms with Crippen LogP contribution in [0.2, 0.25) is 0 Å². The maximum Gasteiger partial charge on any atom is 0.257 e. The highest BCUT2D eigenvalue weighted by Crippen LogP contribution is 2.15. The van der Waals surface area contributed by atoms with E-state index in [0.29, 0.717) is 23.6 Å². The maximum absolute atomic E-state index is 12.5. The summed E-state index contributed by atoms with van der Waals surface area (Å²) in [5.41, 5.74) is 3.75. The number of aryl methyl sites for hydroxylation is 3. The summed E-state index contributed by atoms with van der Waals surface area (Å²) in [7, 11) is 0. The molecule has 1 aromatic carbocycles. The van der Waals surface area contributed by atoms with Crippen molar-refractivity contribution >= 4 is 11.7 Å².